The second kappa shape index (κ2) is 10.7. The lowest BCUT2D eigenvalue weighted by atomic mass is 9.87. The molecule has 0 amide bonds. The molecule has 220 valence electrons. The lowest BCUT2D eigenvalue weighted by molar-refractivity contribution is -0.143. The van der Waals surface area contributed by atoms with Gasteiger partial charge in [0.15, 0.2) is 0 Å². The molecule has 3 fully saturated rings. The van der Waals surface area contributed by atoms with E-state index >= 15 is 0 Å². The van der Waals surface area contributed by atoms with Gasteiger partial charge in [-0.1, -0.05) is 23.8 Å². The van der Waals surface area contributed by atoms with Crippen molar-refractivity contribution in [2.75, 3.05) is 37.7 Å². The van der Waals surface area contributed by atoms with Crippen LogP contribution in [-0.4, -0.2) is 59.8 Å². The molecule has 4 aliphatic rings. The highest BCUT2D eigenvalue weighted by Gasteiger charge is 2.65. The molecule has 4 heterocycles. The summed E-state index contributed by atoms with van der Waals surface area (Å²) >= 11 is 0. The fourth-order valence-corrected chi connectivity index (χ4v) is 7.59. The third-order valence-electron chi connectivity index (χ3n) is 10.3. The predicted molar refractivity (Wildman–Crippen MR) is 163 cm³/mol. The molecule has 0 spiro atoms. The minimum atomic E-state index is -0.676. The summed E-state index contributed by atoms with van der Waals surface area (Å²) in [5.41, 5.74) is 9.33. The fraction of sp³-hybridized carbons (Fsp3) is 0.486. The van der Waals surface area contributed by atoms with Gasteiger partial charge in [-0.05, 0) is 104 Å². The zero-order valence-electron chi connectivity index (χ0n) is 25.0. The Labute approximate surface area is 248 Å². The highest BCUT2D eigenvalue weighted by Crippen LogP contribution is 2.58. The molecule has 42 heavy (non-hydrogen) atoms. The number of pyridine rings is 1. The lowest BCUT2D eigenvalue weighted by Crippen LogP contribution is -2.42. The number of carbonyl (C=O) groups is 1. The van der Waals surface area contributed by atoms with Gasteiger partial charge in [0, 0.05) is 51.0 Å². The summed E-state index contributed by atoms with van der Waals surface area (Å²) in [7, 11) is 0. The Morgan fingerprint density at radius 2 is 1.95 bits per heavy atom. The van der Waals surface area contributed by atoms with Crippen LogP contribution >= 0.6 is 0 Å². The third-order valence-corrected chi connectivity index (χ3v) is 10.3. The van der Waals surface area contributed by atoms with Gasteiger partial charge in [-0.2, -0.15) is 0 Å². The number of aliphatic carboxylic acids is 1. The molecular weight excluding hydrogens is 526 g/mol. The SMILES string of the molecule is Cc1ccc(OCc2cc(C)c3c(c2C)CCN(C2CCOCC2)C3)c(-c2cccc(N3C[C@@H]4C[C@]4(C(=O)O)C3)n2)c1. The lowest BCUT2D eigenvalue weighted by Gasteiger charge is -2.39. The Hall–Kier alpha value is -3.42. The van der Waals surface area contributed by atoms with Crippen LogP contribution in [0.15, 0.2) is 42.5 Å². The van der Waals surface area contributed by atoms with Gasteiger partial charge < -0.3 is 19.5 Å². The van der Waals surface area contributed by atoms with Gasteiger partial charge in [-0.3, -0.25) is 9.69 Å². The molecule has 7 rings (SSSR count). The number of aryl methyl sites for hydroxylation is 2. The zero-order valence-corrected chi connectivity index (χ0v) is 25.0. The molecule has 2 atom stereocenters. The molecular formula is C35H41N3O4. The van der Waals surface area contributed by atoms with Crippen LogP contribution in [0.3, 0.4) is 0 Å². The number of ether oxygens (including phenoxy) is 2. The van der Waals surface area contributed by atoms with E-state index in [4.69, 9.17) is 14.5 Å². The van der Waals surface area contributed by atoms with Gasteiger partial charge >= 0.3 is 5.97 Å². The Morgan fingerprint density at radius 3 is 2.74 bits per heavy atom. The summed E-state index contributed by atoms with van der Waals surface area (Å²) in [5.74, 6) is 1.21. The Kier molecular flexibility index (Phi) is 6.98. The van der Waals surface area contributed by atoms with E-state index in [0.717, 1.165) is 86.9 Å². The summed E-state index contributed by atoms with van der Waals surface area (Å²) in [4.78, 5) is 21.6. The van der Waals surface area contributed by atoms with Gasteiger partial charge in [-0.15, -0.1) is 0 Å². The number of anilines is 1. The third kappa shape index (κ3) is 4.86. The van der Waals surface area contributed by atoms with Crippen molar-refractivity contribution in [3.8, 4) is 17.0 Å². The van der Waals surface area contributed by atoms with E-state index in [1.54, 1.807) is 0 Å². The number of hydrogen-bond donors (Lipinski definition) is 1. The maximum atomic E-state index is 11.8. The van der Waals surface area contributed by atoms with Crippen molar-refractivity contribution in [2.24, 2.45) is 11.3 Å². The quantitative estimate of drug-likeness (QED) is 0.393. The van der Waals surface area contributed by atoms with Gasteiger partial charge in [0.25, 0.3) is 0 Å². The Bertz CT molecular complexity index is 1530. The van der Waals surface area contributed by atoms with E-state index in [1.807, 2.05) is 18.2 Å². The summed E-state index contributed by atoms with van der Waals surface area (Å²) in [6.07, 6.45) is 4.14. The molecule has 0 radical (unpaired) electrons. The molecule has 7 nitrogen and oxygen atoms in total. The van der Waals surface area contributed by atoms with Crippen LogP contribution in [0.1, 0.15) is 52.6 Å². The van der Waals surface area contributed by atoms with Crippen molar-refractivity contribution in [3.05, 3.63) is 75.8 Å². The van der Waals surface area contributed by atoms with E-state index in [1.165, 1.54) is 27.8 Å². The van der Waals surface area contributed by atoms with Crippen molar-refractivity contribution < 1.29 is 19.4 Å². The van der Waals surface area contributed by atoms with Crippen molar-refractivity contribution in [1.82, 2.24) is 9.88 Å². The van der Waals surface area contributed by atoms with Crippen LogP contribution in [0.5, 0.6) is 5.75 Å². The van der Waals surface area contributed by atoms with Crippen LogP contribution in [-0.2, 0) is 29.1 Å². The maximum absolute atomic E-state index is 11.8. The second-order valence-corrected chi connectivity index (χ2v) is 12.9. The molecule has 2 aromatic carbocycles. The first-order valence-electron chi connectivity index (χ1n) is 15.4. The number of nitrogens with zero attached hydrogens (tertiary/aromatic N) is 3. The van der Waals surface area contributed by atoms with Crippen LogP contribution in [0.25, 0.3) is 11.3 Å². The standard InChI is InChI=1S/C35H41N3O4/c1-22-7-8-32(29(15-22)31-5-4-6-33(36-31)38-18-26-17-35(26,21-38)34(39)40)42-20-25-16-23(2)30-19-37(12-9-28(30)24(25)3)27-10-13-41-14-11-27/h4-8,15-16,26-27H,9-14,17-21H2,1-3H3,(H,39,40)/t26-,35-/m0/s1. The average Bonchev–Trinajstić information content (AvgIpc) is 3.59. The molecule has 0 unspecified atom stereocenters. The van der Waals surface area contributed by atoms with E-state index in [-0.39, 0.29) is 5.92 Å². The molecule has 1 aromatic heterocycles. The maximum Gasteiger partial charge on any atom is 0.311 e. The normalized spacial score (nSPS) is 23.9. The highest BCUT2D eigenvalue weighted by molar-refractivity contribution is 5.81. The van der Waals surface area contributed by atoms with Gasteiger partial charge in [0.2, 0.25) is 0 Å². The number of fused-ring (bicyclic) bond motifs is 2. The zero-order chi connectivity index (χ0) is 29.0. The predicted octanol–water partition coefficient (Wildman–Crippen LogP) is 5.70. The van der Waals surface area contributed by atoms with E-state index in [0.29, 0.717) is 19.2 Å². The molecule has 7 heteroatoms. The average molecular weight is 568 g/mol. The van der Waals surface area contributed by atoms with Gasteiger partial charge in [0.05, 0.1) is 11.1 Å². The number of carboxylic acids is 1. The van der Waals surface area contributed by atoms with E-state index in [9.17, 15) is 9.90 Å². The molecule has 2 saturated heterocycles. The number of piperidine rings is 1. The van der Waals surface area contributed by atoms with E-state index < -0.39 is 11.4 Å². The Balaban J connectivity index is 1.10. The molecule has 3 aliphatic heterocycles. The number of carboxylic acid groups (broad SMARTS) is 1. The van der Waals surface area contributed by atoms with Crippen LogP contribution in [0, 0.1) is 32.1 Å². The Morgan fingerprint density at radius 1 is 1.12 bits per heavy atom. The van der Waals surface area contributed by atoms with Crippen LogP contribution in [0.4, 0.5) is 5.82 Å². The summed E-state index contributed by atoms with van der Waals surface area (Å²) < 4.78 is 12.2. The van der Waals surface area contributed by atoms with Crippen LogP contribution < -0.4 is 9.64 Å². The topological polar surface area (TPSA) is 75.1 Å². The second-order valence-electron chi connectivity index (χ2n) is 12.9. The van der Waals surface area contributed by atoms with Gasteiger partial charge in [-0.25, -0.2) is 4.98 Å². The highest BCUT2D eigenvalue weighted by atomic mass is 16.5. The molecule has 1 saturated carbocycles. The smallest absolute Gasteiger partial charge is 0.311 e. The number of aromatic nitrogens is 1. The molecule has 0 bridgehead atoms. The summed E-state index contributed by atoms with van der Waals surface area (Å²) in [6, 6.07) is 15.3. The minimum Gasteiger partial charge on any atom is -0.488 e. The number of benzene rings is 2. The van der Waals surface area contributed by atoms with Crippen molar-refractivity contribution >= 4 is 11.8 Å². The van der Waals surface area contributed by atoms with Crippen LogP contribution in [0.2, 0.25) is 0 Å². The molecule has 1 N–H and O–H groups in total. The summed E-state index contributed by atoms with van der Waals surface area (Å²) in [6.45, 7) is 12.3. The van der Waals surface area contributed by atoms with Gasteiger partial charge in [0.1, 0.15) is 18.2 Å². The first kappa shape index (κ1) is 27.4. The monoisotopic (exact) mass is 567 g/mol. The largest absolute Gasteiger partial charge is 0.488 e. The fourth-order valence-electron chi connectivity index (χ4n) is 7.59. The van der Waals surface area contributed by atoms with Crippen molar-refractivity contribution in [2.45, 2.75) is 65.6 Å². The first-order valence-corrected chi connectivity index (χ1v) is 15.4. The number of rotatable bonds is 7. The van der Waals surface area contributed by atoms with Crippen molar-refractivity contribution in [3.63, 3.8) is 0 Å². The first-order chi connectivity index (χ1) is 20.3. The molecule has 3 aromatic rings. The molecule has 1 aliphatic carbocycles. The summed E-state index contributed by atoms with van der Waals surface area (Å²) in [5, 5.41) is 9.73. The number of hydrogen-bond acceptors (Lipinski definition) is 6. The minimum absolute atomic E-state index is 0.228. The van der Waals surface area contributed by atoms with Crippen molar-refractivity contribution in [1.29, 1.82) is 0 Å². The van der Waals surface area contributed by atoms with E-state index in [2.05, 4.69) is 54.8 Å².